The standard InChI is InChI=1S/C23H28N4O2/c1-16(2)27(15-18-9-7-6-8-10-18)22-13-17(3)24-23(26-22)25-20-12-11-19(28-4)14-21(20)29-5/h6-14,16H,15H2,1-5H3,(H,24,25,26). The molecule has 0 radical (unpaired) electrons. The zero-order valence-corrected chi connectivity index (χ0v) is 17.6. The number of aromatic nitrogens is 2. The zero-order valence-electron chi connectivity index (χ0n) is 17.6. The normalized spacial score (nSPS) is 10.7. The van der Waals surface area contributed by atoms with Crippen LogP contribution in [0.1, 0.15) is 25.1 Å². The van der Waals surface area contributed by atoms with Crippen LogP contribution < -0.4 is 19.7 Å². The van der Waals surface area contributed by atoms with Gasteiger partial charge in [-0.2, -0.15) is 4.98 Å². The average molecular weight is 393 g/mol. The molecule has 6 heteroatoms. The van der Waals surface area contributed by atoms with E-state index in [2.05, 4.69) is 53.3 Å². The van der Waals surface area contributed by atoms with Crippen molar-refractivity contribution in [3.05, 3.63) is 65.9 Å². The molecule has 1 heterocycles. The summed E-state index contributed by atoms with van der Waals surface area (Å²) in [5.41, 5.74) is 2.91. The molecule has 6 nitrogen and oxygen atoms in total. The minimum absolute atomic E-state index is 0.285. The van der Waals surface area contributed by atoms with E-state index in [1.807, 2.05) is 37.3 Å². The molecule has 3 aromatic rings. The van der Waals surface area contributed by atoms with Crippen molar-refractivity contribution in [3.8, 4) is 11.5 Å². The molecule has 2 aromatic carbocycles. The second-order valence-corrected chi connectivity index (χ2v) is 7.09. The van der Waals surface area contributed by atoms with Gasteiger partial charge in [0.1, 0.15) is 17.3 Å². The predicted molar refractivity (Wildman–Crippen MR) is 117 cm³/mol. The van der Waals surface area contributed by atoms with E-state index < -0.39 is 0 Å². The number of hydrogen-bond donors (Lipinski definition) is 1. The molecule has 1 aromatic heterocycles. The van der Waals surface area contributed by atoms with E-state index in [0.29, 0.717) is 11.7 Å². The number of ether oxygens (including phenoxy) is 2. The Morgan fingerprint density at radius 3 is 2.38 bits per heavy atom. The molecule has 0 saturated carbocycles. The highest BCUT2D eigenvalue weighted by Gasteiger charge is 2.15. The molecule has 29 heavy (non-hydrogen) atoms. The van der Waals surface area contributed by atoms with Gasteiger partial charge >= 0.3 is 0 Å². The first kappa shape index (κ1) is 20.5. The molecule has 0 aliphatic carbocycles. The molecule has 0 fully saturated rings. The summed E-state index contributed by atoms with van der Waals surface area (Å²) in [7, 11) is 3.26. The summed E-state index contributed by atoms with van der Waals surface area (Å²) in [6.07, 6.45) is 0. The van der Waals surface area contributed by atoms with Crippen molar-refractivity contribution < 1.29 is 9.47 Å². The molecule has 152 valence electrons. The summed E-state index contributed by atoms with van der Waals surface area (Å²) in [6, 6.07) is 18.3. The van der Waals surface area contributed by atoms with Crippen LogP contribution in [0.3, 0.4) is 0 Å². The Bertz CT molecular complexity index is 945. The number of methoxy groups -OCH3 is 2. The van der Waals surface area contributed by atoms with Crippen LogP contribution in [0.5, 0.6) is 11.5 Å². The van der Waals surface area contributed by atoms with Crippen LogP contribution in [-0.2, 0) is 6.54 Å². The third-order valence-electron chi connectivity index (χ3n) is 4.61. The SMILES string of the molecule is COc1ccc(Nc2nc(C)cc(N(Cc3ccccc3)C(C)C)n2)c(OC)c1. The lowest BCUT2D eigenvalue weighted by molar-refractivity contribution is 0.395. The van der Waals surface area contributed by atoms with Crippen LogP contribution in [0.2, 0.25) is 0 Å². The van der Waals surface area contributed by atoms with Gasteiger partial charge in [0.2, 0.25) is 5.95 Å². The Morgan fingerprint density at radius 1 is 0.966 bits per heavy atom. The largest absolute Gasteiger partial charge is 0.497 e. The van der Waals surface area contributed by atoms with Crippen LogP contribution in [0.4, 0.5) is 17.5 Å². The Hall–Kier alpha value is -3.28. The number of benzene rings is 2. The van der Waals surface area contributed by atoms with Crippen molar-refractivity contribution in [2.45, 2.75) is 33.4 Å². The first-order valence-corrected chi connectivity index (χ1v) is 9.65. The van der Waals surface area contributed by atoms with E-state index >= 15 is 0 Å². The van der Waals surface area contributed by atoms with Crippen LogP contribution in [0.15, 0.2) is 54.6 Å². The third kappa shape index (κ3) is 5.16. The minimum Gasteiger partial charge on any atom is -0.497 e. The Morgan fingerprint density at radius 2 is 1.72 bits per heavy atom. The van der Waals surface area contributed by atoms with E-state index in [-0.39, 0.29) is 6.04 Å². The summed E-state index contributed by atoms with van der Waals surface area (Å²) in [5, 5.41) is 3.28. The monoisotopic (exact) mass is 392 g/mol. The molecule has 0 bridgehead atoms. The maximum Gasteiger partial charge on any atom is 0.229 e. The van der Waals surface area contributed by atoms with Gasteiger partial charge in [0, 0.05) is 30.4 Å². The lowest BCUT2D eigenvalue weighted by atomic mass is 10.2. The fourth-order valence-electron chi connectivity index (χ4n) is 3.09. The number of anilines is 3. The summed E-state index contributed by atoms with van der Waals surface area (Å²) in [4.78, 5) is 11.6. The molecule has 3 rings (SSSR count). The topological polar surface area (TPSA) is 59.5 Å². The lowest BCUT2D eigenvalue weighted by Crippen LogP contribution is -2.31. The second-order valence-electron chi connectivity index (χ2n) is 7.09. The molecule has 0 spiro atoms. The lowest BCUT2D eigenvalue weighted by Gasteiger charge is -2.28. The van der Waals surface area contributed by atoms with Gasteiger partial charge in [-0.3, -0.25) is 0 Å². The van der Waals surface area contributed by atoms with Crippen molar-refractivity contribution in [2.24, 2.45) is 0 Å². The molecule has 0 aliphatic rings. The van der Waals surface area contributed by atoms with E-state index in [9.17, 15) is 0 Å². The van der Waals surface area contributed by atoms with Gasteiger partial charge in [-0.25, -0.2) is 4.98 Å². The van der Waals surface area contributed by atoms with E-state index in [1.165, 1.54) is 5.56 Å². The Kier molecular flexibility index (Phi) is 6.54. The fourth-order valence-corrected chi connectivity index (χ4v) is 3.09. The molecule has 0 aliphatic heterocycles. The second kappa shape index (κ2) is 9.28. The first-order chi connectivity index (χ1) is 14.0. The minimum atomic E-state index is 0.285. The van der Waals surface area contributed by atoms with Crippen LogP contribution in [-0.4, -0.2) is 30.2 Å². The van der Waals surface area contributed by atoms with Crippen molar-refractivity contribution >= 4 is 17.5 Å². The van der Waals surface area contributed by atoms with E-state index in [0.717, 1.165) is 29.5 Å². The molecule has 1 N–H and O–H groups in total. The maximum absolute atomic E-state index is 5.48. The molecular formula is C23H28N4O2. The third-order valence-corrected chi connectivity index (χ3v) is 4.61. The summed E-state index contributed by atoms with van der Waals surface area (Å²) >= 11 is 0. The average Bonchev–Trinajstić information content (AvgIpc) is 2.72. The van der Waals surface area contributed by atoms with Crippen LogP contribution in [0, 0.1) is 6.92 Å². The van der Waals surface area contributed by atoms with Crippen molar-refractivity contribution in [1.82, 2.24) is 9.97 Å². The number of nitrogens with one attached hydrogen (secondary N) is 1. The van der Waals surface area contributed by atoms with Crippen LogP contribution in [0.25, 0.3) is 0 Å². The highest BCUT2D eigenvalue weighted by molar-refractivity contribution is 5.65. The summed E-state index contributed by atoms with van der Waals surface area (Å²) in [6.45, 7) is 7.09. The predicted octanol–water partition coefficient (Wildman–Crippen LogP) is 4.96. The number of aryl methyl sites for hydroxylation is 1. The quantitative estimate of drug-likeness (QED) is 0.585. The van der Waals surface area contributed by atoms with Crippen molar-refractivity contribution in [1.29, 1.82) is 0 Å². The molecular weight excluding hydrogens is 364 g/mol. The summed E-state index contributed by atoms with van der Waals surface area (Å²) in [5.74, 6) is 2.81. The van der Waals surface area contributed by atoms with Crippen LogP contribution >= 0.6 is 0 Å². The molecule has 0 unspecified atom stereocenters. The van der Waals surface area contributed by atoms with Gasteiger partial charge < -0.3 is 19.7 Å². The van der Waals surface area contributed by atoms with Gasteiger partial charge in [-0.05, 0) is 38.5 Å². The zero-order chi connectivity index (χ0) is 20.8. The van der Waals surface area contributed by atoms with Gasteiger partial charge in [-0.1, -0.05) is 30.3 Å². The molecule has 0 saturated heterocycles. The number of rotatable bonds is 8. The van der Waals surface area contributed by atoms with Gasteiger partial charge in [0.25, 0.3) is 0 Å². The summed E-state index contributed by atoms with van der Waals surface area (Å²) < 4.78 is 10.7. The van der Waals surface area contributed by atoms with E-state index in [1.54, 1.807) is 14.2 Å². The Labute approximate surface area is 172 Å². The number of nitrogens with zero attached hydrogens (tertiary/aromatic N) is 3. The highest BCUT2D eigenvalue weighted by atomic mass is 16.5. The molecule has 0 atom stereocenters. The Balaban J connectivity index is 1.91. The van der Waals surface area contributed by atoms with Gasteiger partial charge in [0.15, 0.2) is 0 Å². The molecule has 0 amide bonds. The number of hydrogen-bond acceptors (Lipinski definition) is 6. The van der Waals surface area contributed by atoms with E-state index in [4.69, 9.17) is 14.5 Å². The fraction of sp³-hybridized carbons (Fsp3) is 0.304. The van der Waals surface area contributed by atoms with Gasteiger partial charge in [-0.15, -0.1) is 0 Å². The van der Waals surface area contributed by atoms with Crippen molar-refractivity contribution in [2.75, 3.05) is 24.4 Å². The van der Waals surface area contributed by atoms with Crippen molar-refractivity contribution in [3.63, 3.8) is 0 Å². The smallest absolute Gasteiger partial charge is 0.229 e. The van der Waals surface area contributed by atoms with Gasteiger partial charge in [0.05, 0.1) is 19.9 Å². The highest BCUT2D eigenvalue weighted by Crippen LogP contribution is 2.31. The maximum atomic E-state index is 5.48. The first-order valence-electron chi connectivity index (χ1n) is 9.65.